The maximum atomic E-state index is 13.4. The molecule has 132 valence electrons. The monoisotopic (exact) mass is 369 g/mol. The van der Waals surface area contributed by atoms with E-state index in [4.69, 9.17) is 0 Å². The first-order valence-electron chi connectivity index (χ1n) is 8.05. The zero-order chi connectivity index (χ0) is 18.1. The van der Waals surface area contributed by atoms with Crippen LogP contribution in [0, 0.1) is 5.82 Å². The molecule has 0 aliphatic heterocycles. The standard InChI is InChI=1S/C18H16FN5OS/c1-22(7-8-23-6-5-20-12-23)17(25)16-11-26-18-21-15(10-24(16)18)13-3-2-4-14(19)9-13/h2-6,9-12H,7-8H2,1H3. The van der Waals surface area contributed by atoms with Gasteiger partial charge in [-0.2, -0.15) is 0 Å². The lowest BCUT2D eigenvalue weighted by molar-refractivity contribution is 0.0784. The van der Waals surface area contributed by atoms with E-state index in [0.29, 0.717) is 35.0 Å². The molecule has 0 saturated carbocycles. The Morgan fingerprint density at radius 1 is 1.38 bits per heavy atom. The van der Waals surface area contributed by atoms with Crippen LogP contribution >= 0.6 is 11.3 Å². The highest BCUT2D eigenvalue weighted by molar-refractivity contribution is 7.15. The Hall–Kier alpha value is -3.00. The van der Waals surface area contributed by atoms with E-state index in [2.05, 4.69) is 9.97 Å². The van der Waals surface area contributed by atoms with E-state index >= 15 is 0 Å². The van der Waals surface area contributed by atoms with Gasteiger partial charge in [-0.3, -0.25) is 9.20 Å². The van der Waals surface area contributed by atoms with E-state index in [1.165, 1.54) is 23.5 Å². The fourth-order valence-electron chi connectivity index (χ4n) is 2.71. The Kier molecular flexibility index (Phi) is 4.26. The number of carbonyl (C=O) groups is 1. The molecule has 0 radical (unpaired) electrons. The second kappa shape index (κ2) is 6.72. The van der Waals surface area contributed by atoms with Crippen LogP contribution in [0.15, 0.2) is 54.6 Å². The van der Waals surface area contributed by atoms with Gasteiger partial charge >= 0.3 is 0 Å². The van der Waals surface area contributed by atoms with Crippen LogP contribution in [0.25, 0.3) is 16.2 Å². The number of halogens is 1. The number of imidazole rings is 2. The predicted molar refractivity (Wildman–Crippen MR) is 97.7 cm³/mol. The highest BCUT2D eigenvalue weighted by Crippen LogP contribution is 2.24. The van der Waals surface area contributed by atoms with Crippen LogP contribution in [0.4, 0.5) is 4.39 Å². The summed E-state index contributed by atoms with van der Waals surface area (Å²) in [5, 5.41) is 1.80. The topological polar surface area (TPSA) is 55.4 Å². The second-order valence-corrected chi connectivity index (χ2v) is 6.77. The minimum atomic E-state index is -0.311. The van der Waals surface area contributed by atoms with Crippen molar-refractivity contribution in [1.29, 1.82) is 0 Å². The number of benzene rings is 1. The maximum absolute atomic E-state index is 13.4. The van der Waals surface area contributed by atoms with Crippen LogP contribution in [0.3, 0.4) is 0 Å². The van der Waals surface area contributed by atoms with Crippen molar-refractivity contribution in [2.75, 3.05) is 13.6 Å². The van der Waals surface area contributed by atoms with Crippen LogP contribution in [-0.2, 0) is 6.54 Å². The van der Waals surface area contributed by atoms with Gasteiger partial charge in [0.1, 0.15) is 11.5 Å². The average molecular weight is 369 g/mol. The Balaban J connectivity index is 1.57. The SMILES string of the molecule is CN(CCn1ccnc1)C(=O)c1csc2nc(-c3cccc(F)c3)cn12. The van der Waals surface area contributed by atoms with Crippen molar-refractivity contribution in [3.8, 4) is 11.3 Å². The summed E-state index contributed by atoms with van der Waals surface area (Å²) in [6, 6.07) is 6.28. The Morgan fingerprint density at radius 3 is 3.04 bits per heavy atom. The summed E-state index contributed by atoms with van der Waals surface area (Å²) in [5.41, 5.74) is 1.88. The fraction of sp³-hybridized carbons (Fsp3) is 0.167. The molecular weight excluding hydrogens is 353 g/mol. The summed E-state index contributed by atoms with van der Waals surface area (Å²) < 4.78 is 17.1. The molecule has 0 aliphatic rings. The van der Waals surface area contributed by atoms with E-state index in [1.807, 2.05) is 10.8 Å². The summed E-state index contributed by atoms with van der Waals surface area (Å²) in [7, 11) is 1.77. The van der Waals surface area contributed by atoms with Crippen LogP contribution in [0.1, 0.15) is 10.5 Å². The molecule has 0 atom stereocenters. The molecule has 0 fully saturated rings. The van der Waals surface area contributed by atoms with E-state index < -0.39 is 0 Å². The van der Waals surface area contributed by atoms with Gasteiger partial charge < -0.3 is 9.47 Å². The quantitative estimate of drug-likeness (QED) is 0.543. The van der Waals surface area contributed by atoms with Crippen molar-refractivity contribution in [3.05, 3.63) is 66.1 Å². The molecule has 26 heavy (non-hydrogen) atoms. The minimum absolute atomic E-state index is 0.0837. The first-order valence-corrected chi connectivity index (χ1v) is 8.93. The first kappa shape index (κ1) is 16.5. The molecule has 3 aromatic heterocycles. The number of amides is 1. The smallest absolute Gasteiger partial charge is 0.271 e. The van der Waals surface area contributed by atoms with Crippen molar-refractivity contribution in [2.45, 2.75) is 6.54 Å². The third-order valence-electron chi connectivity index (χ3n) is 4.15. The Labute approximate surface area is 153 Å². The molecular formula is C18H16FN5OS. The number of aromatic nitrogens is 4. The molecule has 0 bridgehead atoms. The number of carbonyl (C=O) groups excluding carboxylic acids is 1. The summed E-state index contributed by atoms with van der Waals surface area (Å²) in [6.45, 7) is 1.24. The van der Waals surface area contributed by atoms with Gasteiger partial charge in [0.25, 0.3) is 5.91 Å². The van der Waals surface area contributed by atoms with Gasteiger partial charge in [0.15, 0.2) is 4.96 Å². The number of thiazole rings is 1. The van der Waals surface area contributed by atoms with Crippen molar-refractivity contribution in [1.82, 2.24) is 23.8 Å². The Morgan fingerprint density at radius 2 is 2.27 bits per heavy atom. The van der Waals surface area contributed by atoms with Crippen LogP contribution < -0.4 is 0 Å². The van der Waals surface area contributed by atoms with E-state index in [1.54, 1.807) is 52.6 Å². The third kappa shape index (κ3) is 3.11. The molecule has 0 N–H and O–H groups in total. The molecule has 6 nitrogen and oxygen atoms in total. The van der Waals surface area contributed by atoms with Gasteiger partial charge in [-0.05, 0) is 12.1 Å². The molecule has 3 heterocycles. The number of nitrogens with zero attached hydrogens (tertiary/aromatic N) is 5. The molecule has 1 amide bonds. The third-order valence-corrected chi connectivity index (χ3v) is 4.99. The van der Waals surface area contributed by atoms with Gasteiger partial charge in [-0.15, -0.1) is 11.3 Å². The summed E-state index contributed by atoms with van der Waals surface area (Å²) in [6.07, 6.45) is 7.08. The lowest BCUT2D eigenvalue weighted by Crippen LogP contribution is -2.30. The fourth-order valence-corrected chi connectivity index (χ4v) is 3.55. The molecule has 0 aliphatic carbocycles. The van der Waals surface area contributed by atoms with E-state index in [0.717, 1.165) is 0 Å². The molecule has 4 aromatic rings. The summed E-state index contributed by atoms with van der Waals surface area (Å²) in [4.78, 5) is 23.7. The molecule has 0 spiro atoms. The zero-order valence-corrected chi connectivity index (χ0v) is 14.9. The normalized spacial score (nSPS) is 11.2. The van der Waals surface area contributed by atoms with Crippen LogP contribution in [0.5, 0.6) is 0 Å². The van der Waals surface area contributed by atoms with Crippen LogP contribution in [-0.4, -0.2) is 43.3 Å². The zero-order valence-electron chi connectivity index (χ0n) is 14.0. The number of hydrogen-bond acceptors (Lipinski definition) is 4. The molecule has 4 rings (SSSR count). The molecule has 1 aromatic carbocycles. The van der Waals surface area contributed by atoms with Crippen LogP contribution in [0.2, 0.25) is 0 Å². The highest BCUT2D eigenvalue weighted by Gasteiger charge is 2.18. The van der Waals surface area contributed by atoms with E-state index in [-0.39, 0.29) is 11.7 Å². The number of likely N-dealkylation sites (N-methyl/N-ethyl adjacent to an activating group) is 1. The van der Waals surface area contributed by atoms with Crippen molar-refractivity contribution >= 4 is 22.2 Å². The largest absolute Gasteiger partial charge is 0.339 e. The van der Waals surface area contributed by atoms with Crippen molar-refractivity contribution < 1.29 is 9.18 Å². The van der Waals surface area contributed by atoms with Gasteiger partial charge in [0.2, 0.25) is 0 Å². The van der Waals surface area contributed by atoms with Gasteiger partial charge in [-0.1, -0.05) is 12.1 Å². The van der Waals surface area contributed by atoms with Crippen molar-refractivity contribution in [3.63, 3.8) is 0 Å². The van der Waals surface area contributed by atoms with Gasteiger partial charge in [0, 0.05) is 49.7 Å². The predicted octanol–water partition coefficient (Wildman–Crippen LogP) is 3.17. The lowest BCUT2D eigenvalue weighted by atomic mass is 10.2. The lowest BCUT2D eigenvalue weighted by Gasteiger charge is -2.16. The molecule has 0 saturated heterocycles. The summed E-state index contributed by atoms with van der Waals surface area (Å²) >= 11 is 1.39. The highest BCUT2D eigenvalue weighted by atomic mass is 32.1. The number of hydrogen-bond donors (Lipinski definition) is 0. The number of rotatable bonds is 5. The van der Waals surface area contributed by atoms with E-state index in [9.17, 15) is 9.18 Å². The molecule has 0 unspecified atom stereocenters. The average Bonchev–Trinajstić information content (AvgIpc) is 3.35. The Bertz CT molecular complexity index is 1050. The van der Waals surface area contributed by atoms with Crippen molar-refractivity contribution in [2.24, 2.45) is 0 Å². The number of fused-ring (bicyclic) bond motifs is 1. The van der Waals surface area contributed by atoms with Gasteiger partial charge in [-0.25, -0.2) is 14.4 Å². The minimum Gasteiger partial charge on any atom is -0.339 e. The van der Waals surface area contributed by atoms with Gasteiger partial charge in [0.05, 0.1) is 12.0 Å². The first-order chi connectivity index (χ1) is 12.6. The maximum Gasteiger partial charge on any atom is 0.271 e. The summed E-state index contributed by atoms with van der Waals surface area (Å²) in [5.74, 6) is -0.394. The molecule has 8 heteroatoms. The second-order valence-electron chi connectivity index (χ2n) is 5.94.